The van der Waals surface area contributed by atoms with Crippen molar-refractivity contribution in [2.24, 2.45) is 7.05 Å². The van der Waals surface area contributed by atoms with Crippen LogP contribution in [0.15, 0.2) is 11.2 Å². The Labute approximate surface area is 65.6 Å². The number of aromatic nitrogens is 2. The van der Waals surface area contributed by atoms with E-state index in [4.69, 9.17) is 0 Å². The minimum atomic E-state index is 1.11. The Morgan fingerprint density at radius 2 is 2.40 bits per heavy atom. The maximum atomic E-state index is 4.13. The molecule has 2 nitrogen and oxygen atoms in total. The molecule has 1 aromatic rings. The average Bonchev–Trinajstić information content (AvgIpc) is 2.20. The van der Waals surface area contributed by atoms with Crippen molar-refractivity contribution >= 4 is 11.8 Å². The Bertz CT molecular complexity index is 198. The monoisotopic (exact) mass is 156 g/mol. The molecule has 0 saturated carbocycles. The lowest BCUT2D eigenvalue weighted by molar-refractivity contribution is 0.696. The molecule has 0 radical (unpaired) electrons. The molecule has 1 rings (SSSR count). The van der Waals surface area contributed by atoms with E-state index in [2.05, 4.69) is 18.9 Å². The summed E-state index contributed by atoms with van der Waals surface area (Å²) in [6.45, 7) is 4.24. The molecule has 0 aliphatic rings. The second kappa shape index (κ2) is 3.10. The van der Waals surface area contributed by atoms with Crippen LogP contribution in [0.2, 0.25) is 0 Å². The van der Waals surface area contributed by atoms with Crippen LogP contribution in [0, 0.1) is 6.92 Å². The molecule has 56 valence electrons. The van der Waals surface area contributed by atoms with Crippen molar-refractivity contribution < 1.29 is 0 Å². The highest BCUT2D eigenvalue weighted by Crippen LogP contribution is 2.19. The van der Waals surface area contributed by atoms with Crippen molar-refractivity contribution in [2.75, 3.05) is 5.75 Å². The van der Waals surface area contributed by atoms with Crippen LogP contribution < -0.4 is 0 Å². The van der Waals surface area contributed by atoms with Crippen LogP contribution in [0.5, 0.6) is 0 Å². The van der Waals surface area contributed by atoms with Crippen LogP contribution in [0.25, 0.3) is 0 Å². The fourth-order valence-electron chi connectivity index (χ4n) is 0.880. The van der Waals surface area contributed by atoms with E-state index in [-0.39, 0.29) is 0 Å². The lowest BCUT2D eigenvalue weighted by atomic mass is 10.4. The Morgan fingerprint density at radius 1 is 1.70 bits per heavy atom. The van der Waals surface area contributed by atoms with Gasteiger partial charge < -0.3 is 0 Å². The second-order valence-corrected chi connectivity index (χ2v) is 3.44. The summed E-state index contributed by atoms with van der Waals surface area (Å²) >= 11 is 1.84. The summed E-state index contributed by atoms with van der Waals surface area (Å²) in [5, 5.41) is 5.41. The number of hydrogen-bond acceptors (Lipinski definition) is 2. The smallest absolute Gasteiger partial charge is 0.0965 e. The van der Waals surface area contributed by atoms with Gasteiger partial charge >= 0.3 is 0 Å². The standard InChI is InChI=1S/C7H12N2S/c1-4-10-7-6(2)5-8-9(7)3/h5H,4H2,1-3H3. The van der Waals surface area contributed by atoms with Gasteiger partial charge in [0.25, 0.3) is 0 Å². The van der Waals surface area contributed by atoms with Crippen LogP contribution in [-0.4, -0.2) is 15.5 Å². The summed E-state index contributed by atoms with van der Waals surface area (Å²) in [7, 11) is 1.98. The molecule has 10 heavy (non-hydrogen) atoms. The zero-order chi connectivity index (χ0) is 7.56. The first-order valence-electron chi connectivity index (χ1n) is 3.37. The molecule has 0 fully saturated rings. The number of aryl methyl sites for hydroxylation is 2. The third kappa shape index (κ3) is 1.34. The van der Waals surface area contributed by atoms with Gasteiger partial charge in [0.05, 0.1) is 11.2 Å². The molecule has 0 aliphatic carbocycles. The molecule has 0 bridgehead atoms. The van der Waals surface area contributed by atoms with Crippen LogP contribution in [-0.2, 0) is 7.05 Å². The van der Waals surface area contributed by atoms with E-state index in [1.165, 1.54) is 10.6 Å². The van der Waals surface area contributed by atoms with Gasteiger partial charge in [0.1, 0.15) is 0 Å². The van der Waals surface area contributed by atoms with E-state index in [1.54, 1.807) is 0 Å². The van der Waals surface area contributed by atoms with Gasteiger partial charge in [0, 0.05) is 12.6 Å². The molecule has 0 atom stereocenters. The van der Waals surface area contributed by atoms with E-state index in [1.807, 2.05) is 29.7 Å². The number of thioether (sulfide) groups is 1. The zero-order valence-corrected chi connectivity index (χ0v) is 7.40. The molecule has 1 aromatic heterocycles. The van der Waals surface area contributed by atoms with E-state index < -0.39 is 0 Å². The topological polar surface area (TPSA) is 17.8 Å². The molecular formula is C7H12N2S. The molecule has 0 unspecified atom stereocenters. The molecule has 0 saturated heterocycles. The maximum absolute atomic E-state index is 4.13. The summed E-state index contributed by atoms with van der Waals surface area (Å²) in [4.78, 5) is 0. The fourth-order valence-corrected chi connectivity index (χ4v) is 1.67. The lowest BCUT2D eigenvalue weighted by Crippen LogP contribution is -1.92. The highest BCUT2D eigenvalue weighted by Gasteiger charge is 2.01. The summed E-state index contributed by atoms with van der Waals surface area (Å²) in [5.74, 6) is 1.11. The quantitative estimate of drug-likeness (QED) is 0.608. The SMILES string of the molecule is CCSc1c(C)cnn1C. The normalized spacial score (nSPS) is 10.3. The molecular weight excluding hydrogens is 144 g/mol. The molecule has 1 heterocycles. The largest absolute Gasteiger partial charge is 0.262 e. The predicted molar refractivity (Wildman–Crippen MR) is 44.3 cm³/mol. The summed E-state index contributed by atoms with van der Waals surface area (Å²) in [6.07, 6.45) is 1.90. The van der Waals surface area contributed by atoms with Crippen LogP contribution in [0.3, 0.4) is 0 Å². The van der Waals surface area contributed by atoms with Gasteiger partial charge in [-0.3, -0.25) is 4.68 Å². The number of nitrogens with zero attached hydrogens (tertiary/aromatic N) is 2. The number of rotatable bonds is 2. The summed E-state index contributed by atoms with van der Waals surface area (Å²) in [5.41, 5.74) is 1.27. The minimum absolute atomic E-state index is 1.11. The van der Waals surface area contributed by atoms with E-state index in [0.717, 1.165) is 5.75 Å². The van der Waals surface area contributed by atoms with Crippen LogP contribution >= 0.6 is 11.8 Å². The molecule has 3 heteroatoms. The number of hydrogen-bond donors (Lipinski definition) is 0. The third-order valence-corrected chi connectivity index (χ3v) is 2.49. The lowest BCUT2D eigenvalue weighted by Gasteiger charge is -1.98. The predicted octanol–water partition coefficient (Wildman–Crippen LogP) is 1.84. The van der Waals surface area contributed by atoms with Crippen molar-refractivity contribution in [3.05, 3.63) is 11.8 Å². The van der Waals surface area contributed by atoms with Crippen LogP contribution in [0.1, 0.15) is 12.5 Å². The molecule has 0 N–H and O–H groups in total. The first kappa shape index (κ1) is 7.66. The summed E-state index contributed by atoms with van der Waals surface area (Å²) in [6, 6.07) is 0. The molecule has 0 aliphatic heterocycles. The van der Waals surface area contributed by atoms with E-state index in [9.17, 15) is 0 Å². The first-order valence-corrected chi connectivity index (χ1v) is 4.35. The van der Waals surface area contributed by atoms with Gasteiger partial charge in [-0.2, -0.15) is 5.10 Å². The third-order valence-electron chi connectivity index (χ3n) is 1.34. The van der Waals surface area contributed by atoms with Gasteiger partial charge in [0.2, 0.25) is 0 Å². The van der Waals surface area contributed by atoms with Crippen molar-refractivity contribution in [2.45, 2.75) is 18.9 Å². The van der Waals surface area contributed by atoms with Crippen molar-refractivity contribution in [1.82, 2.24) is 9.78 Å². The highest BCUT2D eigenvalue weighted by molar-refractivity contribution is 7.99. The summed E-state index contributed by atoms with van der Waals surface area (Å²) < 4.78 is 1.92. The Hall–Kier alpha value is -0.440. The average molecular weight is 156 g/mol. The van der Waals surface area contributed by atoms with Crippen molar-refractivity contribution in [3.8, 4) is 0 Å². The van der Waals surface area contributed by atoms with Gasteiger partial charge in [-0.15, -0.1) is 11.8 Å². The molecule has 0 aromatic carbocycles. The van der Waals surface area contributed by atoms with Gasteiger partial charge in [-0.1, -0.05) is 6.92 Å². The molecule has 0 amide bonds. The van der Waals surface area contributed by atoms with Gasteiger partial charge in [0.15, 0.2) is 0 Å². The zero-order valence-electron chi connectivity index (χ0n) is 6.59. The fraction of sp³-hybridized carbons (Fsp3) is 0.571. The highest BCUT2D eigenvalue weighted by atomic mass is 32.2. The maximum Gasteiger partial charge on any atom is 0.0965 e. The van der Waals surface area contributed by atoms with Gasteiger partial charge in [-0.05, 0) is 12.7 Å². The second-order valence-electron chi connectivity index (χ2n) is 2.19. The van der Waals surface area contributed by atoms with Gasteiger partial charge in [-0.25, -0.2) is 0 Å². The van der Waals surface area contributed by atoms with E-state index in [0.29, 0.717) is 0 Å². The molecule has 0 spiro atoms. The first-order chi connectivity index (χ1) is 4.75. The Morgan fingerprint density at radius 3 is 2.80 bits per heavy atom. The van der Waals surface area contributed by atoms with Crippen molar-refractivity contribution in [3.63, 3.8) is 0 Å². The Kier molecular flexibility index (Phi) is 2.38. The Balaban J connectivity index is 2.87. The van der Waals surface area contributed by atoms with E-state index >= 15 is 0 Å². The minimum Gasteiger partial charge on any atom is -0.262 e. The van der Waals surface area contributed by atoms with Crippen LogP contribution in [0.4, 0.5) is 0 Å². The van der Waals surface area contributed by atoms with Crippen molar-refractivity contribution in [1.29, 1.82) is 0 Å².